The number of amides is 1. The zero-order chi connectivity index (χ0) is 19.0. The van der Waals surface area contributed by atoms with Crippen LogP contribution in [-0.4, -0.2) is 60.7 Å². The lowest BCUT2D eigenvalue weighted by Crippen LogP contribution is -2.28. The molecule has 2 aliphatic rings. The van der Waals surface area contributed by atoms with E-state index in [2.05, 4.69) is 5.10 Å². The summed E-state index contributed by atoms with van der Waals surface area (Å²) in [7, 11) is -1.45. The van der Waals surface area contributed by atoms with E-state index < -0.39 is 9.84 Å². The molecule has 1 aromatic carbocycles. The van der Waals surface area contributed by atoms with Crippen LogP contribution in [0.25, 0.3) is 11.3 Å². The minimum atomic E-state index is -3.06. The lowest BCUT2D eigenvalue weighted by Gasteiger charge is -2.14. The Morgan fingerprint density at radius 2 is 1.89 bits per heavy atom. The van der Waals surface area contributed by atoms with Gasteiger partial charge in [0, 0.05) is 18.7 Å². The van der Waals surface area contributed by atoms with E-state index in [0.717, 1.165) is 42.9 Å². The molecule has 2 fully saturated rings. The first kappa shape index (κ1) is 18.0. The molecule has 8 heteroatoms. The van der Waals surface area contributed by atoms with Crippen molar-refractivity contribution in [2.75, 3.05) is 31.7 Å². The molecule has 0 saturated carbocycles. The zero-order valence-electron chi connectivity index (χ0n) is 15.3. The average molecular weight is 389 g/mol. The van der Waals surface area contributed by atoms with E-state index in [4.69, 9.17) is 4.74 Å². The van der Waals surface area contributed by atoms with Gasteiger partial charge in [-0.2, -0.15) is 5.10 Å². The van der Waals surface area contributed by atoms with Gasteiger partial charge in [0.15, 0.2) is 15.5 Å². The van der Waals surface area contributed by atoms with Crippen LogP contribution in [0.1, 0.15) is 35.8 Å². The second-order valence-corrected chi connectivity index (χ2v) is 9.37. The first-order valence-electron chi connectivity index (χ1n) is 9.20. The number of hydrogen-bond donors (Lipinski definition) is 0. The minimum absolute atomic E-state index is 0.0647. The highest BCUT2D eigenvalue weighted by molar-refractivity contribution is 7.91. The number of sulfone groups is 1. The number of benzene rings is 1. The second-order valence-electron chi connectivity index (χ2n) is 7.14. The van der Waals surface area contributed by atoms with Crippen molar-refractivity contribution in [1.82, 2.24) is 14.7 Å². The fourth-order valence-electron chi connectivity index (χ4n) is 3.81. The number of aromatic nitrogens is 2. The van der Waals surface area contributed by atoms with Gasteiger partial charge in [-0.3, -0.25) is 9.48 Å². The standard InChI is InChI=1S/C19H23N3O4S/c1-26-16-6-4-14(5-7-16)18-12-17(19(23)21-9-2-3-10-21)20-22(18)15-8-11-27(24,25)13-15/h4-7,12,15H,2-3,8-11,13H2,1H3/t15-/m0/s1. The average Bonchev–Trinajstić information content (AvgIpc) is 3.40. The summed E-state index contributed by atoms with van der Waals surface area (Å²) in [4.78, 5) is 14.6. The molecule has 1 aromatic heterocycles. The second kappa shape index (κ2) is 6.99. The number of likely N-dealkylation sites (tertiary alicyclic amines) is 1. The Kier molecular flexibility index (Phi) is 4.67. The lowest BCUT2D eigenvalue weighted by atomic mass is 10.1. The topological polar surface area (TPSA) is 81.5 Å². The summed E-state index contributed by atoms with van der Waals surface area (Å²) in [5.41, 5.74) is 2.03. The maximum absolute atomic E-state index is 12.8. The molecule has 0 aliphatic carbocycles. The molecule has 7 nitrogen and oxygen atoms in total. The third-order valence-electron chi connectivity index (χ3n) is 5.29. The summed E-state index contributed by atoms with van der Waals surface area (Å²) in [6.45, 7) is 1.50. The number of nitrogens with zero attached hydrogens (tertiary/aromatic N) is 3. The summed E-state index contributed by atoms with van der Waals surface area (Å²) in [5, 5.41) is 4.55. The van der Waals surface area contributed by atoms with Gasteiger partial charge < -0.3 is 9.64 Å². The summed E-state index contributed by atoms with van der Waals surface area (Å²) in [5.74, 6) is 0.882. The van der Waals surface area contributed by atoms with E-state index in [1.165, 1.54) is 0 Å². The van der Waals surface area contributed by atoms with Gasteiger partial charge >= 0.3 is 0 Å². The first-order valence-corrected chi connectivity index (χ1v) is 11.0. The molecule has 2 saturated heterocycles. The Morgan fingerprint density at radius 3 is 2.48 bits per heavy atom. The molecule has 1 amide bonds. The number of carbonyl (C=O) groups is 1. The Labute approximate surface area is 158 Å². The highest BCUT2D eigenvalue weighted by atomic mass is 32.2. The van der Waals surface area contributed by atoms with Gasteiger partial charge in [-0.25, -0.2) is 8.42 Å². The van der Waals surface area contributed by atoms with E-state index in [9.17, 15) is 13.2 Å². The third-order valence-corrected chi connectivity index (χ3v) is 7.04. The van der Waals surface area contributed by atoms with E-state index in [1.807, 2.05) is 29.2 Å². The highest BCUT2D eigenvalue weighted by Gasteiger charge is 2.33. The number of ether oxygens (including phenoxy) is 1. The fraction of sp³-hybridized carbons (Fsp3) is 0.474. The predicted molar refractivity (Wildman–Crippen MR) is 102 cm³/mol. The van der Waals surface area contributed by atoms with Crippen LogP contribution < -0.4 is 4.74 Å². The number of rotatable bonds is 4. The van der Waals surface area contributed by atoms with Crippen molar-refractivity contribution in [2.24, 2.45) is 0 Å². The molecule has 1 atom stereocenters. The Morgan fingerprint density at radius 1 is 1.19 bits per heavy atom. The van der Waals surface area contributed by atoms with Crippen molar-refractivity contribution >= 4 is 15.7 Å². The molecule has 0 radical (unpaired) electrons. The molecule has 0 spiro atoms. The van der Waals surface area contributed by atoms with Crippen molar-refractivity contribution in [3.05, 3.63) is 36.0 Å². The molecule has 3 heterocycles. The first-order chi connectivity index (χ1) is 13.0. The number of methoxy groups -OCH3 is 1. The van der Waals surface area contributed by atoms with Crippen molar-refractivity contribution in [3.8, 4) is 17.0 Å². The molecular formula is C19H23N3O4S. The van der Waals surface area contributed by atoms with Crippen molar-refractivity contribution in [3.63, 3.8) is 0 Å². The van der Waals surface area contributed by atoms with E-state index in [0.29, 0.717) is 12.1 Å². The summed E-state index contributed by atoms with van der Waals surface area (Å²) >= 11 is 0. The van der Waals surface area contributed by atoms with Crippen LogP contribution in [0.5, 0.6) is 5.75 Å². The number of carbonyl (C=O) groups excluding carboxylic acids is 1. The normalized spacial score (nSPS) is 21.5. The molecule has 0 unspecified atom stereocenters. The molecular weight excluding hydrogens is 366 g/mol. The summed E-state index contributed by atoms with van der Waals surface area (Å²) in [6.07, 6.45) is 2.54. The van der Waals surface area contributed by atoms with Gasteiger partial charge in [0.25, 0.3) is 5.91 Å². The highest BCUT2D eigenvalue weighted by Crippen LogP contribution is 2.31. The molecule has 4 rings (SSSR count). The third kappa shape index (κ3) is 3.58. The van der Waals surface area contributed by atoms with Crippen molar-refractivity contribution in [2.45, 2.75) is 25.3 Å². The van der Waals surface area contributed by atoms with E-state index in [1.54, 1.807) is 17.9 Å². The smallest absolute Gasteiger partial charge is 0.274 e. The maximum atomic E-state index is 12.8. The molecule has 144 valence electrons. The van der Waals surface area contributed by atoms with E-state index in [-0.39, 0.29) is 23.5 Å². The fourth-order valence-corrected chi connectivity index (χ4v) is 5.50. The predicted octanol–water partition coefficient (Wildman–Crippen LogP) is 2.15. The van der Waals surface area contributed by atoms with Crippen LogP contribution >= 0.6 is 0 Å². The van der Waals surface area contributed by atoms with Crippen LogP contribution in [-0.2, 0) is 9.84 Å². The Balaban J connectivity index is 1.73. The van der Waals surface area contributed by atoms with Crippen LogP contribution in [0.3, 0.4) is 0 Å². The van der Waals surface area contributed by atoms with Gasteiger partial charge in [-0.05, 0) is 49.6 Å². The molecule has 0 N–H and O–H groups in total. The Bertz CT molecular complexity index is 944. The van der Waals surface area contributed by atoms with Gasteiger partial charge in [0.2, 0.25) is 0 Å². The van der Waals surface area contributed by atoms with Crippen LogP contribution in [0.15, 0.2) is 30.3 Å². The van der Waals surface area contributed by atoms with Crippen LogP contribution in [0.4, 0.5) is 0 Å². The quantitative estimate of drug-likeness (QED) is 0.800. The lowest BCUT2D eigenvalue weighted by molar-refractivity contribution is 0.0786. The zero-order valence-corrected chi connectivity index (χ0v) is 16.1. The number of hydrogen-bond acceptors (Lipinski definition) is 5. The Hall–Kier alpha value is -2.35. The largest absolute Gasteiger partial charge is 0.497 e. The van der Waals surface area contributed by atoms with Crippen LogP contribution in [0, 0.1) is 0 Å². The molecule has 2 aliphatic heterocycles. The minimum Gasteiger partial charge on any atom is -0.497 e. The SMILES string of the molecule is COc1ccc(-c2cc(C(=O)N3CCCC3)nn2[C@H]2CCS(=O)(=O)C2)cc1. The maximum Gasteiger partial charge on any atom is 0.274 e. The summed E-state index contributed by atoms with van der Waals surface area (Å²) < 4.78 is 30.9. The monoisotopic (exact) mass is 389 g/mol. The molecule has 2 aromatic rings. The van der Waals surface area contributed by atoms with E-state index >= 15 is 0 Å². The van der Waals surface area contributed by atoms with Crippen LogP contribution in [0.2, 0.25) is 0 Å². The molecule has 0 bridgehead atoms. The van der Waals surface area contributed by atoms with Gasteiger partial charge in [-0.1, -0.05) is 0 Å². The molecule has 27 heavy (non-hydrogen) atoms. The van der Waals surface area contributed by atoms with Crippen molar-refractivity contribution in [1.29, 1.82) is 0 Å². The van der Waals surface area contributed by atoms with Gasteiger partial charge in [-0.15, -0.1) is 0 Å². The van der Waals surface area contributed by atoms with Crippen molar-refractivity contribution < 1.29 is 17.9 Å². The summed E-state index contributed by atoms with van der Waals surface area (Å²) in [6, 6.07) is 9.04. The van der Waals surface area contributed by atoms with Gasteiger partial charge in [0.1, 0.15) is 5.75 Å². The van der Waals surface area contributed by atoms with Gasteiger partial charge in [0.05, 0.1) is 30.4 Å².